The molecule has 160 valence electrons. The number of benzene rings is 3. The molecular formula is C25H16N4O4. The van der Waals surface area contributed by atoms with Gasteiger partial charge in [0.2, 0.25) is 6.79 Å². The van der Waals surface area contributed by atoms with Gasteiger partial charge in [0.15, 0.2) is 11.5 Å². The van der Waals surface area contributed by atoms with Crippen LogP contribution in [-0.4, -0.2) is 16.7 Å². The van der Waals surface area contributed by atoms with Crippen molar-refractivity contribution in [2.24, 2.45) is 0 Å². The maximum absolute atomic E-state index is 11.8. The van der Waals surface area contributed by atoms with Crippen molar-refractivity contribution in [2.45, 2.75) is 0 Å². The first-order valence-corrected chi connectivity index (χ1v) is 10.00. The van der Waals surface area contributed by atoms with E-state index in [0.29, 0.717) is 17.0 Å². The molecule has 0 fully saturated rings. The molecule has 0 aliphatic carbocycles. The van der Waals surface area contributed by atoms with Crippen molar-refractivity contribution < 1.29 is 14.4 Å². The number of nitrogens with two attached hydrogens (primary N) is 1. The second-order valence-electron chi connectivity index (χ2n) is 7.35. The zero-order chi connectivity index (χ0) is 22.9. The molecule has 0 unspecified atom stereocenters. The number of nitro benzene ring substituents is 1. The van der Waals surface area contributed by atoms with Gasteiger partial charge in [-0.2, -0.15) is 5.26 Å². The number of anilines is 1. The van der Waals surface area contributed by atoms with Gasteiger partial charge in [0.25, 0.3) is 5.69 Å². The maximum Gasteiger partial charge on any atom is 0.281 e. The summed E-state index contributed by atoms with van der Waals surface area (Å²) in [6.07, 6.45) is 0. The van der Waals surface area contributed by atoms with Crippen molar-refractivity contribution in [2.75, 3.05) is 12.5 Å². The molecule has 0 saturated carbocycles. The standard InChI is InChI=1S/C25H16N4O4/c26-13-20-18(19-11-23-24(33-14-32-23)12-22(19)29(30)31)10-21(28-25(20)27)17-8-6-16(7-9-17)15-4-2-1-3-5-15/h1-12H,14H2,(H2,27,28). The molecule has 0 radical (unpaired) electrons. The van der Waals surface area contributed by atoms with Crippen LogP contribution < -0.4 is 15.2 Å². The molecule has 3 aromatic carbocycles. The van der Waals surface area contributed by atoms with Gasteiger partial charge in [-0.25, -0.2) is 4.98 Å². The first-order valence-electron chi connectivity index (χ1n) is 10.00. The molecule has 5 rings (SSSR count). The van der Waals surface area contributed by atoms with E-state index in [1.807, 2.05) is 60.7 Å². The molecule has 8 nitrogen and oxygen atoms in total. The van der Waals surface area contributed by atoms with E-state index in [2.05, 4.69) is 4.98 Å². The summed E-state index contributed by atoms with van der Waals surface area (Å²) in [6, 6.07) is 24.1. The van der Waals surface area contributed by atoms with Crippen LogP contribution in [0.3, 0.4) is 0 Å². The highest BCUT2D eigenvalue weighted by molar-refractivity contribution is 5.86. The molecule has 0 saturated heterocycles. The third-order valence-corrected chi connectivity index (χ3v) is 5.42. The third-order valence-electron chi connectivity index (χ3n) is 5.42. The Morgan fingerprint density at radius 1 is 0.909 bits per heavy atom. The number of hydrogen-bond acceptors (Lipinski definition) is 7. The highest BCUT2D eigenvalue weighted by Crippen LogP contribution is 2.44. The second-order valence-corrected chi connectivity index (χ2v) is 7.35. The van der Waals surface area contributed by atoms with Crippen molar-refractivity contribution in [3.63, 3.8) is 0 Å². The van der Waals surface area contributed by atoms with Gasteiger partial charge in [0, 0.05) is 11.1 Å². The number of nitrogens with zero attached hydrogens (tertiary/aromatic N) is 3. The predicted molar refractivity (Wildman–Crippen MR) is 122 cm³/mol. The van der Waals surface area contributed by atoms with Crippen molar-refractivity contribution in [3.8, 4) is 51.1 Å². The quantitative estimate of drug-likeness (QED) is 0.345. The first kappa shape index (κ1) is 20.0. The highest BCUT2D eigenvalue weighted by Gasteiger charge is 2.27. The number of ether oxygens (including phenoxy) is 2. The summed E-state index contributed by atoms with van der Waals surface area (Å²) in [5.41, 5.74) is 9.82. The molecule has 1 aromatic heterocycles. The number of pyridine rings is 1. The Labute approximate surface area is 188 Å². The van der Waals surface area contributed by atoms with E-state index in [4.69, 9.17) is 15.2 Å². The van der Waals surface area contributed by atoms with E-state index in [1.54, 1.807) is 6.07 Å². The minimum Gasteiger partial charge on any atom is -0.454 e. The summed E-state index contributed by atoms with van der Waals surface area (Å²) < 4.78 is 10.7. The number of nitro groups is 1. The fourth-order valence-corrected chi connectivity index (χ4v) is 3.80. The zero-order valence-corrected chi connectivity index (χ0v) is 17.2. The van der Waals surface area contributed by atoms with E-state index in [9.17, 15) is 15.4 Å². The highest BCUT2D eigenvalue weighted by atomic mass is 16.7. The molecule has 0 atom stereocenters. The van der Waals surface area contributed by atoms with Crippen LogP contribution in [0.1, 0.15) is 5.56 Å². The molecule has 2 N–H and O–H groups in total. The molecule has 0 spiro atoms. The Bertz CT molecular complexity index is 1430. The first-order chi connectivity index (χ1) is 16.0. The Morgan fingerprint density at radius 2 is 1.55 bits per heavy atom. The maximum atomic E-state index is 11.8. The van der Waals surface area contributed by atoms with Gasteiger partial charge in [0.05, 0.1) is 22.2 Å². The number of rotatable bonds is 4. The summed E-state index contributed by atoms with van der Waals surface area (Å²) in [7, 11) is 0. The van der Waals surface area contributed by atoms with Crippen LogP contribution in [0.2, 0.25) is 0 Å². The van der Waals surface area contributed by atoms with Gasteiger partial charge < -0.3 is 15.2 Å². The Balaban J connectivity index is 1.65. The molecule has 0 amide bonds. The number of fused-ring (bicyclic) bond motifs is 1. The number of hydrogen-bond donors (Lipinski definition) is 1. The van der Waals surface area contributed by atoms with Gasteiger partial charge in [-0.1, -0.05) is 54.6 Å². The summed E-state index contributed by atoms with van der Waals surface area (Å²) in [6.45, 7) is -0.0292. The largest absolute Gasteiger partial charge is 0.454 e. The molecular weight excluding hydrogens is 420 g/mol. The zero-order valence-electron chi connectivity index (χ0n) is 17.2. The van der Waals surface area contributed by atoms with Crippen LogP contribution in [0.4, 0.5) is 11.5 Å². The summed E-state index contributed by atoms with van der Waals surface area (Å²) >= 11 is 0. The molecule has 2 heterocycles. The lowest BCUT2D eigenvalue weighted by Crippen LogP contribution is -2.01. The SMILES string of the molecule is N#Cc1c(-c2cc3c(cc2[N+](=O)[O-])OCO3)cc(-c2ccc(-c3ccccc3)cc2)nc1N. The van der Waals surface area contributed by atoms with Gasteiger partial charge in [0.1, 0.15) is 17.5 Å². The predicted octanol–water partition coefficient (Wildman–Crippen LogP) is 5.17. The van der Waals surface area contributed by atoms with Gasteiger partial charge >= 0.3 is 0 Å². The Kier molecular flexibility index (Phi) is 4.84. The summed E-state index contributed by atoms with van der Waals surface area (Å²) in [5, 5.41) is 21.5. The number of aromatic nitrogens is 1. The molecule has 4 aromatic rings. The molecule has 33 heavy (non-hydrogen) atoms. The van der Waals surface area contributed by atoms with E-state index in [0.717, 1.165) is 16.7 Å². The molecule has 8 heteroatoms. The minimum absolute atomic E-state index is 0.0101. The fraction of sp³-hybridized carbons (Fsp3) is 0.0400. The summed E-state index contributed by atoms with van der Waals surface area (Å²) in [5.74, 6) is 0.635. The topological polar surface area (TPSA) is 124 Å². The lowest BCUT2D eigenvalue weighted by atomic mass is 9.96. The Morgan fingerprint density at radius 3 is 2.21 bits per heavy atom. The molecule has 1 aliphatic rings. The van der Waals surface area contributed by atoms with Crippen LogP contribution in [-0.2, 0) is 0 Å². The average Bonchev–Trinajstić information content (AvgIpc) is 3.31. The third kappa shape index (κ3) is 3.58. The van der Waals surface area contributed by atoms with E-state index in [1.165, 1.54) is 12.1 Å². The minimum atomic E-state index is -0.524. The van der Waals surface area contributed by atoms with Crippen molar-refractivity contribution in [1.29, 1.82) is 5.26 Å². The van der Waals surface area contributed by atoms with Crippen molar-refractivity contribution in [1.82, 2.24) is 4.98 Å². The molecule has 0 bridgehead atoms. The number of nitrogen functional groups attached to an aromatic ring is 1. The normalized spacial score (nSPS) is 11.7. The number of nitriles is 1. The van der Waals surface area contributed by atoms with E-state index in [-0.39, 0.29) is 35.2 Å². The van der Waals surface area contributed by atoms with Crippen LogP contribution >= 0.6 is 0 Å². The Hall–Kier alpha value is -4.90. The van der Waals surface area contributed by atoms with Crippen molar-refractivity contribution >= 4 is 11.5 Å². The lowest BCUT2D eigenvalue weighted by molar-refractivity contribution is -0.384. The van der Waals surface area contributed by atoms with Gasteiger partial charge in [-0.3, -0.25) is 10.1 Å². The van der Waals surface area contributed by atoms with Crippen LogP contribution in [0.25, 0.3) is 33.5 Å². The van der Waals surface area contributed by atoms with Crippen LogP contribution in [0.5, 0.6) is 11.5 Å². The van der Waals surface area contributed by atoms with Crippen molar-refractivity contribution in [3.05, 3.63) is 88.5 Å². The lowest BCUT2D eigenvalue weighted by Gasteiger charge is -2.12. The van der Waals surface area contributed by atoms with Crippen LogP contribution in [0.15, 0.2) is 72.8 Å². The second kappa shape index (κ2) is 7.98. The molecule has 1 aliphatic heterocycles. The van der Waals surface area contributed by atoms with E-state index < -0.39 is 4.92 Å². The van der Waals surface area contributed by atoms with Crippen LogP contribution in [0, 0.1) is 21.4 Å². The fourth-order valence-electron chi connectivity index (χ4n) is 3.80. The van der Waals surface area contributed by atoms with Gasteiger partial charge in [-0.05, 0) is 23.3 Å². The smallest absolute Gasteiger partial charge is 0.281 e. The van der Waals surface area contributed by atoms with Gasteiger partial charge in [-0.15, -0.1) is 0 Å². The monoisotopic (exact) mass is 436 g/mol. The summed E-state index contributed by atoms with van der Waals surface area (Å²) in [4.78, 5) is 15.6. The average molecular weight is 436 g/mol. The van der Waals surface area contributed by atoms with E-state index >= 15 is 0 Å².